The van der Waals surface area contributed by atoms with Gasteiger partial charge in [0.2, 0.25) is 5.91 Å². The van der Waals surface area contributed by atoms with Crippen molar-refractivity contribution in [2.45, 2.75) is 13.3 Å². The molecule has 0 radical (unpaired) electrons. The molecular formula is C18H20N4OS. The van der Waals surface area contributed by atoms with Gasteiger partial charge in [-0.1, -0.05) is 30.3 Å². The maximum absolute atomic E-state index is 11.5. The van der Waals surface area contributed by atoms with Gasteiger partial charge in [-0.05, 0) is 18.6 Å². The zero-order chi connectivity index (χ0) is 17.1. The van der Waals surface area contributed by atoms with Gasteiger partial charge in [0.05, 0.1) is 5.39 Å². The molecule has 3 rings (SSSR count). The molecule has 124 valence electrons. The molecule has 0 saturated carbocycles. The highest BCUT2D eigenvalue weighted by atomic mass is 32.1. The van der Waals surface area contributed by atoms with E-state index in [1.807, 2.05) is 37.1 Å². The van der Waals surface area contributed by atoms with Crippen LogP contribution in [0.3, 0.4) is 0 Å². The van der Waals surface area contributed by atoms with Crippen LogP contribution in [0.15, 0.2) is 36.4 Å². The van der Waals surface area contributed by atoms with Crippen LogP contribution in [0.4, 0.5) is 5.82 Å². The minimum absolute atomic E-state index is 0.0270. The normalized spacial score (nSPS) is 10.8. The number of nitrogens with zero attached hydrogens (tertiary/aromatic N) is 3. The Morgan fingerprint density at radius 3 is 2.71 bits per heavy atom. The molecule has 3 aromatic rings. The van der Waals surface area contributed by atoms with Crippen molar-refractivity contribution in [1.82, 2.24) is 15.3 Å². The van der Waals surface area contributed by atoms with E-state index in [1.54, 1.807) is 18.4 Å². The Kier molecular flexibility index (Phi) is 4.76. The molecule has 0 aliphatic heterocycles. The molecule has 1 aromatic carbocycles. The molecule has 0 aliphatic carbocycles. The lowest BCUT2D eigenvalue weighted by molar-refractivity contribution is -0.120. The van der Waals surface area contributed by atoms with E-state index in [2.05, 4.69) is 33.5 Å². The minimum atomic E-state index is 0.0270. The SMILES string of the molecule is CNC(=O)CCN(C)c1nc(C)nc2sc(-c3ccccc3)cc12. The van der Waals surface area contributed by atoms with Gasteiger partial charge in [-0.3, -0.25) is 4.79 Å². The van der Waals surface area contributed by atoms with Crippen molar-refractivity contribution in [2.24, 2.45) is 0 Å². The fourth-order valence-corrected chi connectivity index (χ4v) is 3.62. The number of hydrogen-bond donors (Lipinski definition) is 1. The Bertz CT molecular complexity index is 860. The van der Waals surface area contributed by atoms with Crippen molar-refractivity contribution in [2.75, 3.05) is 25.5 Å². The Morgan fingerprint density at radius 2 is 2.00 bits per heavy atom. The van der Waals surface area contributed by atoms with Crippen LogP contribution in [0.25, 0.3) is 20.7 Å². The summed E-state index contributed by atoms with van der Waals surface area (Å²) in [7, 11) is 3.62. The molecule has 24 heavy (non-hydrogen) atoms. The van der Waals surface area contributed by atoms with Crippen LogP contribution in [0.2, 0.25) is 0 Å². The first-order chi connectivity index (χ1) is 11.6. The molecule has 1 N–H and O–H groups in total. The number of thiophene rings is 1. The van der Waals surface area contributed by atoms with Crippen molar-refractivity contribution in [3.63, 3.8) is 0 Å². The van der Waals surface area contributed by atoms with Gasteiger partial charge < -0.3 is 10.2 Å². The summed E-state index contributed by atoms with van der Waals surface area (Å²) >= 11 is 1.67. The summed E-state index contributed by atoms with van der Waals surface area (Å²) in [6, 6.07) is 12.4. The second-order valence-electron chi connectivity index (χ2n) is 5.63. The van der Waals surface area contributed by atoms with Crippen LogP contribution in [-0.2, 0) is 4.79 Å². The first-order valence-corrected chi connectivity index (χ1v) is 8.65. The maximum atomic E-state index is 11.5. The molecule has 0 unspecified atom stereocenters. The smallest absolute Gasteiger partial charge is 0.221 e. The predicted octanol–water partition coefficient (Wildman–Crippen LogP) is 3.24. The van der Waals surface area contributed by atoms with Crippen molar-refractivity contribution in [3.8, 4) is 10.4 Å². The van der Waals surface area contributed by atoms with E-state index < -0.39 is 0 Å². The topological polar surface area (TPSA) is 58.1 Å². The third-order valence-electron chi connectivity index (χ3n) is 3.86. The molecule has 0 fully saturated rings. The molecule has 0 spiro atoms. The lowest BCUT2D eigenvalue weighted by Gasteiger charge is -2.18. The monoisotopic (exact) mass is 340 g/mol. The summed E-state index contributed by atoms with van der Waals surface area (Å²) in [6.07, 6.45) is 0.438. The maximum Gasteiger partial charge on any atom is 0.221 e. The van der Waals surface area contributed by atoms with Crippen LogP contribution in [0.1, 0.15) is 12.2 Å². The third-order valence-corrected chi connectivity index (χ3v) is 4.94. The molecule has 2 heterocycles. The highest BCUT2D eigenvalue weighted by molar-refractivity contribution is 7.21. The number of hydrogen-bond acceptors (Lipinski definition) is 5. The lowest BCUT2D eigenvalue weighted by Crippen LogP contribution is -2.27. The van der Waals surface area contributed by atoms with E-state index in [4.69, 9.17) is 0 Å². The Labute approximate surface area is 145 Å². The summed E-state index contributed by atoms with van der Waals surface area (Å²) in [5, 5.41) is 3.68. The third kappa shape index (κ3) is 3.38. The first-order valence-electron chi connectivity index (χ1n) is 7.84. The number of aromatic nitrogens is 2. The van der Waals surface area contributed by atoms with Crippen LogP contribution in [0.5, 0.6) is 0 Å². The van der Waals surface area contributed by atoms with E-state index in [-0.39, 0.29) is 5.91 Å². The number of rotatable bonds is 5. The van der Waals surface area contributed by atoms with Crippen molar-refractivity contribution in [3.05, 3.63) is 42.2 Å². The zero-order valence-electron chi connectivity index (χ0n) is 14.0. The molecule has 0 aliphatic rings. The van der Waals surface area contributed by atoms with E-state index in [0.717, 1.165) is 21.9 Å². The number of aryl methyl sites for hydroxylation is 1. The van der Waals surface area contributed by atoms with Gasteiger partial charge in [-0.15, -0.1) is 11.3 Å². The van der Waals surface area contributed by atoms with Gasteiger partial charge in [-0.2, -0.15) is 0 Å². The standard InChI is InChI=1S/C18H20N4OS/c1-12-20-17(22(3)10-9-16(23)19-2)14-11-15(24-18(14)21-12)13-7-5-4-6-8-13/h4-8,11H,9-10H2,1-3H3,(H,19,23). The largest absolute Gasteiger partial charge is 0.359 e. The van der Waals surface area contributed by atoms with Gasteiger partial charge in [0.15, 0.2) is 0 Å². The highest BCUT2D eigenvalue weighted by Gasteiger charge is 2.15. The molecule has 1 amide bonds. The zero-order valence-corrected chi connectivity index (χ0v) is 14.9. The van der Waals surface area contributed by atoms with E-state index in [1.165, 1.54) is 10.4 Å². The number of fused-ring (bicyclic) bond motifs is 1. The Hall–Kier alpha value is -2.47. The molecule has 0 atom stereocenters. The van der Waals surface area contributed by atoms with Crippen molar-refractivity contribution < 1.29 is 4.79 Å². The number of anilines is 1. The van der Waals surface area contributed by atoms with Gasteiger partial charge in [0.1, 0.15) is 16.5 Å². The number of amides is 1. The predicted molar refractivity (Wildman–Crippen MR) is 99.5 cm³/mol. The molecular weight excluding hydrogens is 320 g/mol. The van der Waals surface area contributed by atoms with E-state index in [0.29, 0.717) is 13.0 Å². The van der Waals surface area contributed by atoms with Gasteiger partial charge >= 0.3 is 0 Å². The molecule has 5 nitrogen and oxygen atoms in total. The van der Waals surface area contributed by atoms with Crippen LogP contribution in [0, 0.1) is 6.92 Å². The summed E-state index contributed by atoms with van der Waals surface area (Å²) < 4.78 is 0. The van der Waals surface area contributed by atoms with Crippen molar-refractivity contribution >= 4 is 33.3 Å². The number of nitrogens with one attached hydrogen (secondary N) is 1. The molecule has 0 bridgehead atoms. The lowest BCUT2D eigenvalue weighted by atomic mass is 10.2. The van der Waals surface area contributed by atoms with Crippen molar-refractivity contribution in [1.29, 1.82) is 0 Å². The second kappa shape index (κ2) is 6.97. The minimum Gasteiger partial charge on any atom is -0.359 e. The summed E-state index contributed by atoms with van der Waals surface area (Å²) in [4.78, 5) is 24.8. The van der Waals surface area contributed by atoms with Crippen LogP contribution >= 0.6 is 11.3 Å². The Balaban J connectivity index is 1.98. The number of carbonyl (C=O) groups is 1. The van der Waals surface area contributed by atoms with Gasteiger partial charge in [0.25, 0.3) is 0 Å². The quantitative estimate of drug-likeness (QED) is 0.775. The second-order valence-corrected chi connectivity index (χ2v) is 6.67. The number of benzene rings is 1. The summed E-state index contributed by atoms with van der Waals surface area (Å²) in [5.74, 6) is 1.64. The van der Waals surface area contributed by atoms with Crippen LogP contribution in [-0.4, -0.2) is 36.5 Å². The average Bonchev–Trinajstić information content (AvgIpc) is 3.03. The van der Waals surface area contributed by atoms with Crippen LogP contribution < -0.4 is 10.2 Å². The summed E-state index contributed by atoms with van der Waals surface area (Å²) in [5.41, 5.74) is 1.18. The molecule has 2 aromatic heterocycles. The van der Waals surface area contributed by atoms with E-state index >= 15 is 0 Å². The molecule has 0 saturated heterocycles. The van der Waals surface area contributed by atoms with E-state index in [9.17, 15) is 4.79 Å². The molecule has 6 heteroatoms. The Morgan fingerprint density at radius 1 is 1.25 bits per heavy atom. The summed E-state index contributed by atoms with van der Waals surface area (Å²) in [6.45, 7) is 2.51. The highest BCUT2D eigenvalue weighted by Crippen LogP contribution is 2.36. The average molecular weight is 340 g/mol. The first kappa shape index (κ1) is 16.4. The number of carbonyl (C=O) groups excluding carboxylic acids is 1. The van der Waals surface area contributed by atoms with Gasteiger partial charge in [-0.25, -0.2) is 9.97 Å². The fraction of sp³-hybridized carbons (Fsp3) is 0.278. The fourth-order valence-electron chi connectivity index (χ4n) is 2.55. The van der Waals surface area contributed by atoms with Gasteiger partial charge in [0, 0.05) is 31.9 Å².